The molecule has 0 aliphatic rings. The number of hydrogen-bond donors (Lipinski definition) is 2. The van der Waals surface area contributed by atoms with E-state index < -0.39 is 12.9 Å². The topological polar surface area (TPSA) is 40.5 Å². The summed E-state index contributed by atoms with van der Waals surface area (Å²) in [6.07, 6.45) is 0. The summed E-state index contributed by atoms with van der Waals surface area (Å²) in [5.41, 5.74) is 0.577. The third-order valence-corrected chi connectivity index (χ3v) is 2.12. The van der Waals surface area contributed by atoms with Gasteiger partial charge in [-0.25, -0.2) is 4.39 Å². The summed E-state index contributed by atoms with van der Waals surface area (Å²) < 4.78 is 12.7. The van der Waals surface area contributed by atoms with Crippen LogP contribution in [0.1, 0.15) is 5.56 Å². The van der Waals surface area contributed by atoms with Gasteiger partial charge in [0.1, 0.15) is 5.82 Å². The molecule has 12 heavy (non-hydrogen) atoms. The van der Waals surface area contributed by atoms with Gasteiger partial charge < -0.3 is 10.0 Å². The summed E-state index contributed by atoms with van der Waals surface area (Å²) in [4.78, 5) is 0. The molecule has 0 atom stereocenters. The van der Waals surface area contributed by atoms with E-state index in [9.17, 15) is 4.39 Å². The Hall–Kier alpha value is -0.575. The Bertz CT molecular complexity index is 304. The number of rotatable bonds is 1. The van der Waals surface area contributed by atoms with Crippen molar-refractivity contribution >= 4 is 24.2 Å². The monoisotopic (exact) mass is 188 g/mol. The van der Waals surface area contributed by atoms with Gasteiger partial charge in [-0.05, 0) is 24.0 Å². The van der Waals surface area contributed by atoms with Gasteiger partial charge in [-0.3, -0.25) is 0 Å². The molecule has 0 saturated carbocycles. The van der Waals surface area contributed by atoms with Crippen molar-refractivity contribution in [2.45, 2.75) is 6.92 Å². The van der Waals surface area contributed by atoms with E-state index >= 15 is 0 Å². The van der Waals surface area contributed by atoms with Crippen molar-refractivity contribution in [3.8, 4) is 0 Å². The lowest BCUT2D eigenvalue weighted by Gasteiger charge is -2.06. The first-order valence-corrected chi connectivity index (χ1v) is 3.72. The molecule has 0 spiro atoms. The average molecular weight is 188 g/mol. The average Bonchev–Trinajstić information content (AvgIpc) is 2.00. The third-order valence-electron chi connectivity index (χ3n) is 1.66. The summed E-state index contributed by atoms with van der Waals surface area (Å²) in [6, 6.07) is 2.39. The molecule has 0 saturated heterocycles. The number of halogens is 2. The van der Waals surface area contributed by atoms with E-state index in [-0.39, 0.29) is 10.5 Å². The minimum Gasteiger partial charge on any atom is -0.423 e. The second kappa shape index (κ2) is 3.43. The Morgan fingerprint density at radius 1 is 1.42 bits per heavy atom. The van der Waals surface area contributed by atoms with E-state index in [2.05, 4.69) is 0 Å². The zero-order valence-corrected chi connectivity index (χ0v) is 7.14. The SMILES string of the molecule is Cc1c(B(O)O)ccc(F)c1Cl. The molecule has 2 N–H and O–H groups in total. The molecule has 1 rings (SSSR count). The first kappa shape index (κ1) is 9.51. The minimum atomic E-state index is -1.61. The van der Waals surface area contributed by atoms with Crippen LogP contribution in [0.25, 0.3) is 0 Å². The first-order valence-electron chi connectivity index (χ1n) is 3.34. The molecule has 64 valence electrons. The standard InChI is InChI=1S/C7H7BClFO2/c1-4-5(8(11)12)2-3-6(10)7(4)9/h2-3,11-12H,1H3. The summed E-state index contributed by atoms with van der Waals surface area (Å²) in [5.74, 6) is -0.557. The Kier molecular flexibility index (Phi) is 2.72. The summed E-state index contributed by atoms with van der Waals surface area (Å²) in [5, 5.41) is 17.5. The molecule has 1 aromatic rings. The zero-order chi connectivity index (χ0) is 9.30. The third kappa shape index (κ3) is 1.60. The molecule has 0 radical (unpaired) electrons. The van der Waals surface area contributed by atoms with Gasteiger partial charge in [0.15, 0.2) is 0 Å². The Balaban J connectivity index is 3.27. The second-order valence-electron chi connectivity index (χ2n) is 2.45. The zero-order valence-electron chi connectivity index (χ0n) is 6.38. The molecule has 1 aromatic carbocycles. The number of benzene rings is 1. The number of hydrogen-bond acceptors (Lipinski definition) is 2. The largest absolute Gasteiger partial charge is 0.488 e. The highest BCUT2D eigenvalue weighted by Gasteiger charge is 2.17. The molecule has 0 aliphatic carbocycles. The van der Waals surface area contributed by atoms with Gasteiger partial charge in [-0.2, -0.15) is 0 Å². The molecule has 5 heteroatoms. The molecule has 0 unspecified atom stereocenters. The van der Waals surface area contributed by atoms with Gasteiger partial charge in [-0.1, -0.05) is 17.7 Å². The Labute approximate surface area is 74.7 Å². The van der Waals surface area contributed by atoms with Crippen LogP contribution in [-0.4, -0.2) is 17.2 Å². The molecule has 0 aliphatic heterocycles. The van der Waals surface area contributed by atoms with Crippen LogP contribution in [0.4, 0.5) is 4.39 Å². The van der Waals surface area contributed by atoms with Crippen LogP contribution in [0.5, 0.6) is 0 Å². The molecular weight excluding hydrogens is 181 g/mol. The van der Waals surface area contributed by atoms with Crippen molar-refractivity contribution in [2.75, 3.05) is 0 Å². The van der Waals surface area contributed by atoms with Crippen LogP contribution in [0.3, 0.4) is 0 Å². The van der Waals surface area contributed by atoms with Crippen molar-refractivity contribution < 1.29 is 14.4 Å². The van der Waals surface area contributed by atoms with E-state index in [0.29, 0.717) is 5.56 Å². The van der Waals surface area contributed by atoms with Crippen molar-refractivity contribution in [3.05, 3.63) is 28.5 Å². The van der Waals surface area contributed by atoms with E-state index in [4.69, 9.17) is 21.6 Å². The van der Waals surface area contributed by atoms with Crippen molar-refractivity contribution in [3.63, 3.8) is 0 Å². The fourth-order valence-electron chi connectivity index (χ4n) is 0.947. The van der Waals surface area contributed by atoms with Gasteiger partial charge >= 0.3 is 7.12 Å². The van der Waals surface area contributed by atoms with E-state index in [0.717, 1.165) is 6.07 Å². The highest BCUT2D eigenvalue weighted by Crippen LogP contribution is 2.16. The quantitative estimate of drug-likeness (QED) is 0.629. The van der Waals surface area contributed by atoms with E-state index in [1.54, 1.807) is 0 Å². The maximum absolute atomic E-state index is 12.7. The summed E-state index contributed by atoms with van der Waals surface area (Å²) in [6.45, 7) is 1.53. The fourth-order valence-corrected chi connectivity index (χ4v) is 1.12. The predicted molar refractivity (Wildman–Crippen MR) is 46.0 cm³/mol. The van der Waals surface area contributed by atoms with Crippen LogP contribution >= 0.6 is 11.6 Å². The molecule has 0 amide bonds. The normalized spacial score (nSPS) is 10.1. The minimum absolute atomic E-state index is 0.0689. The van der Waals surface area contributed by atoms with Crippen molar-refractivity contribution in [1.29, 1.82) is 0 Å². The van der Waals surface area contributed by atoms with Gasteiger partial charge in [-0.15, -0.1) is 0 Å². The van der Waals surface area contributed by atoms with E-state index in [1.165, 1.54) is 13.0 Å². The van der Waals surface area contributed by atoms with Crippen LogP contribution < -0.4 is 5.46 Å². The van der Waals surface area contributed by atoms with Gasteiger partial charge in [0.05, 0.1) is 5.02 Å². The van der Waals surface area contributed by atoms with Crippen LogP contribution in [0.15, 0.2) is 12.1 Å². The van der Waals surface area contributed by atoms with Crippen LogP contribution in [0.2, 0.25) is 5.02 Å². The molecular formula is C7H7BClFO2. The fraction of sp³-hybridized carbons (Fsp3) is 0.143. The molecule has 0 fully saturated rings. The lowest BCUT2D eigenvalue weighted by atomic mass is 9.77. The smallest absolute Gasteiger partial charge is 0.423 e. The summed E-state index contributed by atoms with van der Waals surface area (Å²) >= 11 is 5.53. The van der Waals surface area contributed by atoms with Gasteiger partial charge in [0, 0.05) is 0 Å². The molecule has 0 heterocycles. The first-order chi connectivity index (χ1) is 5.54. The summed E-state index contributed by atoms with van der Waals surface area (Å²) in [7, 11) is -1.61. The molecule has 2 nitrogen and oxygen atoms in total. The molecule has 0 bridgehead atoms. The Morgan fingerprint density at radius 2 is 2.00 bits per heavy atom. The molecule has 0 aromatic heterocycles. The van der Waals surface area contributed by atoms with E-state index in [1.807, 2.05) is 0 Å². The van der Waals surface area contributed by atoms with Crippen LogP contribution in [-0.2, 0) is 0 Å². The highest BCUT2D eigenvalue weighted by atomic mass is 35.5. The second-order valence-corrected chi connectivity index (χ2v) is 2.83. The van der Waals surface area contributed by atoms with Gasteiger partial charge in [0.25, 0.3) is 0 Å². The lowest BCUT2D eigenvalue weighted by Crippen LogP contribution is -2.32. The van der Waals surface area contributed by atoms with Crippen molar-refractivity contribution in [1.82, 2.24) is 0 Å². The highest BCUT2D eigenvalue weighted by molar-refractivity contribution is 6.59. The van der Waals surface area contributed by atoms with Crippen molar-refractivity contribution in [2.24, 2.45) is 0 Å². The van der Waals surface area contributed by atoms with Crippen LogP contribution in [0, 0.1) is 12.7 Å². The maximum Gasteiger partial charge on any atom is 0.488 e. The van der Waals surface area contributed by atoms with Gasteiger partial charge in [0.2, 0.25) is 0 Å². The maximum atomic E-state index is 12.7. The lowest BCUT2D eigenvalue weighted by molar-refractivity contribution is 0.425. The Morgan fingerprint density at radius 3 is 2.50 bits per heavy atom. The predicted octanol–water partition coefficient (Wildman–Crippen LogP) is 0.467.